The summed E-state index contributed by atoms with van der Waals surface area (Å²) in [5.41, 5.74) is 7.66. The van der Waals surface area contributed by atoms with Crippen molar-refractivity contribution in [2.45, 2.75) is 51.0 Å². The molecule has 0 radical (unpaired) electrons. The number of hydrogen-bond donors (Lipinski definition) is 3. The van der Waals surface area contributed by atoms with E-state index >= 15 is 0 Å². The van der Waals surface area contributed by atoms with Crippen LogP contribution in [0.2, 0.25) is 6.32 Å². The monoisotopic (exact) mass is 296 g/mol. The van der Waals surface area contributed by atoms with Crippen molar-refractivity contribution in [2.75, 3.05) is 13.1 Å². The summed E-state index contributed by atoms with van der Waals surface area (Å²) in [4.78, 5) is 4.01. The SMILES string of the molecule is NC(CCCCB(O)O)CCN1CCc2ccsc2C1. The fourth-order valence-electron chi connectivity index (χ4n) is 2.71. The summed E-state index contributed by atoms with van der Waals surface area (Å²) in [5, 5.41) is 19.7. The second kappa shape index (κ2) is 8.15. The van der Waals surface area contributed by atoms with Crippen molar-refractivity contribution in [1.82, 2.24) is 4.90 Å². The van der Waals surface area contributed by atoms with E-state index in [2.05, 4.69) is 16.3 Å². The van der Waals surface area contributed by atoms with E-state index in [-0.39, 0.29) is 6.04 Å². The lowest BCUT2D eigenvalue weighted by molar-refractivity contribution is 0.245. The average molecular weight is 296 g/mol. The van der Waals surface area contributed by atoms with Crippen LogP contribution in [0.25, 0.3) is 0 Å². The van der Waals surface area contributed by atoms with Crippen molar-refractivity contribution in [3.8, 4) is 0 Å². The van der Waals surface area contributed by atoms with Gasteiger partial charge in [-0.2, -0.15) is 0 Å². The van der Waals surface area contributed by atoms with Crippen LogP contribution in [-0.2, 0) is 13.0 Å². The van der Waals surface area contributed by atoms with Crippen molar-refractivity contribution in [2.24, 2.45) is 5.73 Å². The molecule has 2 rings (SSSR count). The normalized spacial score (nSPS) is 16.9. The molecule has 20 heavy (non-hydrogen) atoms. The Morgan fingerprint density at radius 2 is 2.20 bits per heavy atom. The van der Waals surface area contributed by atoms with Crippen LogP contribution in [0.5, 0.6) is 0 Å². The van der Waals surface area contributed by atoms with Crippen LogP contribution in [0.3, 0.4) is 0 Å². The minimum absolute atomic E-state index is 0.232. The highest BCUT2D eigenvalue weighted by Crippen LogP contribution is 2.24. The van der Waals surface area contributed by atoms with Gasteiger partial charge in [0.2, 0.25) is 0 Å². The Bertz CT molecular complexity index is 400. The Kier molecular flexibility index (Phi) is 6.51. The molecule has 0 spiro atoms. The van der Waals surface area contributed by atoms with E-state index in [4.69, 9.17) is 15.8 Å². The third-order valence-electron chi connectivity index (χ3n) is 4.01. The van der Waals surface area contributed by atoms with Gasteiger partial charge in [-0.05, 0) is 42.6 Å². The van der Waals surface area contributed by atoms with E-state index in [9.17, 15) is 0 Å². The molecule has 1 aromatic rings. The summed E-state index contributed by atoms with van der Waals surface area (Å²) in [7, 11) is -1.17. The molecule has 1 aliphatic heterocycles. The topological polar surface area (TPSA) is 69.7 Å². The Morgan fingerprint density at radius 3 is 3.00 bits per heavy atom. The number of nitrogens with two attached hydrogens (primary N) is 1. The van der Waals surface area contributed by atoms with Crippen LogP contribution >= 0.6 is 11.3 Å². The first-order valence-corrected chi connectivity index (χ1v) is 8.42. The van der Waals surface area contributed by atoms with E-state index in [1.807, 2.05) is 11.3 Å². The number of hydrogen-bond acceptors (Lipinski definition) is 5. The summed E-state index contributed by atoms with van der Waals surface area (Å²) in [6, 6.07) is 2.48. The molecular weight excluding hydrogens is 271 g/mol. The molecule has 1 atom stereocenters. The van der Waals surface area contributed by atoms with Crippen LogP contribution < -0.4 is 5.73 Å². The molecule has 6 heteroatoms. The Hall–Kier alpha value is -0.395. The fraction of sp³-hybridized carbons (Fsp3) is 0.714. The lowest BCUT2D eigenvalue weighted by Crippen LogP contribution is -2.34. The molecule has 4 N–H and O–H groups in total. The predicted molar refractivity (Wildman–Crippen MR) is 84.7 cm³/mol. The number of unbranched alkanes of at least 4 members (excludes halogenated alkanes) is 1. The van der Waals surface area contributed by atoms with Gasteiger partial charge in [0.05, 0.1) is 0 Å². The van der Waals surface area contributed by atoms with E-state index < -0.39 is 7.12 Å². The number of fused-ring (bicyclic) bond motifs is 1. The zero-order valence-corrected chi connectivity index (χ0v) is 12.8. The first kappa shape index (κ1) is 16.0. The van der Waals surface area contributed by atoms with Crippen LogP contribution in [-0.4, -0.2) is 41.2 Å². The first-order valence-electron chi connectivity index (χ1n) is 7.54. The van der Waals surface area contributed by atoms with Crippen LogP contribution in [0.1, 0.15) is 36.1 Å². The van der Waals surface area contributed by atoms with Gasteiger partial charge in [-0.15, -0.1) is 11.3 Å². The van der Waals surface area contributed by atoms with Crippen LogP contribution in [0.4, 0.5) is 0 Å². The Morgan fingerprint density at radius 1 is 1.35 bits per heavy atom. The van der Waals surface area contributed by atoms with Crippen molar-refractivity contribution in [3.63, 3.8) is 0 Å². The molecule has 0 aliphatic carbocycles. The molecule has 112 valence electrons. The molecule has 0 bridgehead atoms. The maximum Gasteiger partial charge on any atom is 0.451 e. The largest absolute Gasteiger partial charge is 0.451 e. The van der Waals surface area contributed by atoms with Gasteiger partial charge in [0, 0.05) is 30.6 Å². The molecule has 0 aromatic carbocycles. The van der Waals surface area contributed by atoms with Gasteiger partial charge in [-0.1, -0.05) is 12.8 Å². The zero-order valence-electron chi connectivity index (χ0n) is 12.0. The second-order valence-electron chi connectivity index (χ2n) is 5.71. The Labute approximate surface area is 125 Å². The third kappa shape index (κ3) is 5.18. The Balaban J connectivity index is 1.58. The van der Waals surface area contributed by atoms with Crippen molar-refractivity contribution < 1.29 is 10.0 Å². The van der Waals surface area contributed by atoms with E-state index in [0.717, 1.165) is 45.3 Å². The summed E-state index contributed by atoms with van der Waals surface area (Å²) < 4.78 is 0. The van der Waals surface area contributed by atoms with Gasteiger partial charge in [0.1, 0.15) is 0 Å². The first-order chi connectivity index (χ1) is 9.65. The maximum absolute atomic E-state index is 8.77. The van der Waals surface area contributed by atoms with Crippen molar-refractivity contribution >= 4 is 18.5 Å². The highest BCUT2D eigenvalue weighted by atomic mass is 32.1. The third-order valence-corrected chi connectivity index (χ3v) is 4.95. The molecule has 1 aliphatic rings. The van der Waals surface area contributed by atoms with Gasteiger partial charge in [0.15, 0.2) is 0 Å². The minimum atomic E-state index is -1.17. The highest BCUT2D eigenvalue weighted by molar-refractivity contribution is 7.10. The van der Waals surface area contributed by atoms with E-state index in [1.54, 1.807) is 0 Å². The van der Waals surface area contributed by atoms with Gasteiger partial charge < -0.3 is 15.8 Å². The number of thiophene rings is 1. The van der Waals surface area contributed by atoms with Gasteiger partial charge in [-0.3, -0.25) is 4.90 Å². The number of rotatable bonds is 8. The molecule has 2 heterocycles. The lowest BCUT2D eigenvalue weighted by atomic mass is 9.83. The summed E-state index contributed by atoms with van der Waals surface area (Å²) in [5.74, 6) is 0. The molecule has 1 aromatic heterocycles. The minimum Gasteiger partial charge on any atom is -0.427 e. The van der Waals surface area contributed by atoms with Gasteiger partial charge in [0.25, 0.3) is 0 Å². The fourth-order valence-corrected chi connectivity index (χ4v) is 3.68. The molecule has 4 nitrogen and oxygen atoms in total. The molecular formula is C14H25BN2O2S. The summed E-state index contributed by atoms with van der Waals surface area (Å²) >= 11 is 1.86. The zero-order chi connectivity index (χ0) is 14.4. The summed E-state index contributed by atoms with van der Waals surface area (Å²) in [6.45, 7) is 3.30. The molecule has 0 fully saturated rings. The predicted octanol–water partition coefficient (Wildman–Crippen LogP) is 1.47. The van der Waals surface area contributed by atoms with E-state index in [1.165, 1.54) is 16.9 Å². The quantitative estimate of drug-likeness (QED) is 0.502. The number of nitrogens with zero attached hydrogens (tertiary/aromatic N) is 1. The summed E-state index contributed by atoms with van der Waals surface area (Å²) in [6.07, 6.45) is 5.46. The molecule has 0 saturated heterocycles. The van der Waals surface area contributed by atoms with E-state index in [0.29, 0.717) is 6.32 Å². The van der Waals surface area contributed by atoms with Crippen molar-refractivity contribution in [3.05, 3.63) is 21.9 Å². The standard InChI is InChI=1S/C14H25BN2O2S/c16-13(3-1-2-7-15(18)19)5-9-17-8-4-12-6-10-20-14(12)11-17/h6,10,13,18-19H,1-5,7-9,11,16H2. The van der Waals surface area contributed by atoms with Crippen LogP contribution in [0, 0.1) is 0 Å². The lowest BCUT2D eigenvalue weighted by Gasteiger charge is -2.27. The highest BCUT2D eigenvalue weighted by Gasteiger charge is 2.17. The molecule has 0 amide bonds. The smallest absolute Gasteiger partial charge is 0.427 e. The van der Waals surface area contributed by atoms with Crippen LogP contribution in [0.15, 0.2) is 11.4 Å². The molecule has 1 unspecified atom stereocenters. The average Bonchev–Trinajstić information content (AvgIpc) is 2.88. The van der Waals surface area contributed by atoms with Gasteiger partial charge in [-0.25, -0.2) is 0 Å². The van der Waals surface area contributed by atoms with Crippen molar-refractivity contribution in [1.29, 1.82) is 0 Å². The molecule has 0 saturated carbocycles. The maximum atomic E-state index is 8.77. The van der Waals surface area contributed by atoms with Gasteiger partial charge >= 0.3 is 7.12 Å². The second-order valence-corrected chi connectivity index (χ2v) is 6.71.